The van der Waals surface area contributed by atoms with Gasteiger partial charge >= 0.3 is 0 Å². The molecule has 0 unspecified atom stereocenters. The first-order valence-corrected chi connectivity index (χ1v) is 12.1. The lowest BCUT2D eigenvalue weighted by Crippen LogP contribution is -2.48. The maximum Gasteiger partial charge on any atom is 0.290 e. The summed E-state index contributed by atoms with van der Waals surface area (Å²) >= 11 is 0. The Morgan fingerprint density at radius 3 is 2.09 bits per heavy atom. The number of nitrogens with zero attached hydrogens (tertiary/aromatic N) is 5. The minimum absolute atomic E-state index is 0.0531. The molecule has 0 bridgehead atoms. The summed E-state index contributed by atoms with van der Waals surface area (Å²) in [6, 6.07) is 23.1. The SMILES string of the molecule is O=c1c(N2CCN(c3ccccc3)CC2)ccnn1CC1CCN(Cc2ccccc2)CC1. The van der Waals surface area contributed by atoms with Crippen LogP contribution in [-0.4, -0.2) is 53.9 Å². The molecule has 0 N–H and O–H groups in total. The number of likely N-dealkylation sites (tertiary alicyclic amines) is 1. The normalized spacial score (nSPS) is 17.9. The van der Waals surface area contributed by atoms with Crippen molar-refractivity contribution in [2.24, 2.45) is 5.92 Å². The lowest BCUT2D eigenvalue weighted by Gasteiger charge is -2.37. The lowest BCUT2D eigenvalue weighted by atomic mass is 9.96. The zero-order chi connectivity index (χ0) is 22.5. The van der Waals surface area contributed by atoms with Crippen LogP contribution in [0.3, 0.4) is 0 Å². The minimum atomic E-state index is 0.0531. The molecule has 2 aromatic carbocycles. The number of rotatable bonds is 6. The van der Waals surface area contributed by atoms with Gasteiger partial charge in [-0.1, -0.05) is 48.5 Å². The molecule has 3 heterocycles. The molecule has 0 spiro atoms. The van der Waals surface area contributed by atoms with Crippen molar-refractivity contribution in [2.45, 2.75) is 25.9 Å². The predicted octanol–water partition coefficient (Wildman–Crippen LogP) is 3.48. The van der Waals surface area contributed by atoms with Crippen LogP contribution < -0.4 is 15.4 Å². The summed E-state index contributed by atoms with van der Waals surface area (Å²) in [4.78, 5) is 20.4. The maximum absolute atomic E-state index is 13.2. The lowest BCUT2D eigenvalue weighted by molar-refractivity contribution is 0.163. The molecule has 33 heavy (non-hydrogen) atoms. The third-order valence-electron chi connectivity index (χ3n) is 7.02. The van der Waals surface area contributed by atoms with Gasteiger partial charge in [-0.2, -0.15) is 5.10 Å². The number of benzene rings is 2. The summed E-state index contributed by atoms with van der Waals surface area (Å²) in [7, 11) is 0. The van der Waals surface area contributed by atoms with Gasteiger partial charge in [0.05, 0.1) is 0 Å². The van der Waals surface area contributed by atoms with E-state index in [4.69, 9.17) is 0 Å². The van der Waals surface area contributed by atoms with E-state index in [9.17, 15) is 4.79 Å². The van der Waals surface area contributed by atoms with Crippen molar-refractivity contribution >= 4 is 11.4 Å². The summed E-state index contributed by atoms with van der Waals surface area (Å²) in [5.41, 5.74) is 3.47. The number of aromatic nitrogens is 2. The van der Waals surface area contributed by atoms with Crippen molar-refractivity contribution in [2.75, 3.05) is 49.1 Å². The van der Waals surface area contributed by atoms with Crippen molar-refractivity contribution in [1.29, 1.82) is 0 Å². The van der Waals surface area contributed by atoms with Crippen LogP contribution in [0, 0.1) is 5.92 Å². The van der Waals surface area contributed by atoms with Gasteiger partial charge in [0, 0.05) is 51.2 Å². The molecule has 3 aromatic rings. The first kappa shape index (κ1) is 21.7. The minimum Gasteiger partial charge on any atom is -0.368 e. The molecule has 2 fully saturated rings. The molecule has 5 rings (SSSR count). The fraction of sp³-hybridized carbons (Fsp3) is 0.407. The third kappa shape index (κ3) is 5.28. The van der Waals surface area contributed by atoms with Crippen LogP contribution in [0.2, 0.25) is 0 Å². The van der Waals surface area contributed by atoms with Crippen molar-refractivity contribution in [3.05, 3.63) is 88.8 Å². The van der Waals surface area contributed by atoms with Crippen LogP contribution in [-0.2, 0) is 13.1 Å². The molecule has 172 valence electrons. The maximum atomic E-state index is 13.2. The molecule has 1 aromatic heterocycles. The molecular weight excluding hydrogens is 410 g/mol. The van der Waals surface area contributed by atoms with E-state index in [-0.39, 0.29) is 5.56 Å². The van der Waals surface area contributed by atoms with Gasteiger partial charge in [-0.15, -0.1) is 0 Å². The third-order valence-corrected chi connectivity index (χ3v) is 7.02. The first-order valence-electron chi connectivity index (χ1n) is 12.1. The van der Waals surface area contributed by atoms with Gasteiger partial charge in [-0.25, -0.2) is 4.68 Å². The molecule has 0 atom stereocenters. The van der Waals surface area contributed by atoms with E-state index in [2.05, 4.69) is 74.4 Å². The van der Waals surface area contributed by atoms with Crippen LogP contribution in [0.5, 0.6) is 0 Å². The van der Waals surface area contributed by atoms with E-state index in [0.717, 1.165) is 70.9 Å². The van der Waals surface area contributed by atoms with Gasteiger partial charge in [0.25, 0.3) is 5.56 Å². The Balaban J connectivity index is 1.16. The van der Waals surface area contributed by atoms with Gasteiger partial charge in [-0.05, 0) is 55.6 Å². The highest BCUT2D eigenvalue weighted by molar-refractivity contribution is 5.50. The zero-order valence-corrected chi connectivity index (χ0v) is 19.2. The van der Waals surface area contributed by atoms with Gasteiger partial charge in [0.2, 0.25) is 0 Å². The topological polar surface area (TPSA) is 44.6 Å². The summed E-state index contributed by atoms with van der Waals surface area (Å²) < 4.78 is 1.70. The fourth-order valence-electron chi connectivity index (χ4n) is 5.07. The van der Waals surface area contributed by atoms with Crippen molar-refractivity contribution in [1.82, 2.24) is 14.7 Å². The summed E-state index contributed by atoms with van der Waals surface area (Å²) in [6.45, 7) is 7.44. The Hall–Kier alpha value is -3.12. The summed E-state index contributed by atoms with van der Waals surface area (Å²) in [5.74, 6) is 0.507. The van der Waals surface area contributed by atoms with Crippen molar-refractivity contribution in [3.63, 3.8) is 0 Å². The monoisotopic (exact) mass is 443 g/mol. The molecule has 6 heteroatoms. The second kappa shape index (κ2) is 10.2. The molecule has 0 aliphatic carbocycles. The largest absolute Gasteiger partial charge is 0.368 e. The van der Waals surface area contributed by atoms with E-state index in [1.807, 2.05) is 12.1 Å². The molecule has 0 saturated carbocycles. The highest BCUT2D eigenvalue weighted by Gasteiger charge is 2.23. The standard InChI is InChI=1S/C27H33N5O/c33-27-26(31-19-17-30(18-20-31)25-9-5-2-6-10-25)11-14-28-32(27)22-24-12-15-29(16-13-24)21-23-7-3-1-4-8-23/h1-11,14,24H,12-13,15-22H2. The van der Waals surface area contributed by atoms with Crippen LogP contribution in [0.25, 0.3) is 0 Å². The Morgan fingerprint density at radius 2 is 1.39 bits per heavy atom. The Labute approximate surface area is 196 Å². The fourth-order valence-corrected chi connectivity index (χ4v) is 5.07. The van der Waals surface area contributed by atoms with Crippen LogP contribution in [0.4, 0.5) is 11.4 Å². The van der Waals surface area contributed by atoms with Gasteiger partial charge in [0.1, 0.15) is 5.69 Å². The molecular formula is C27H33N5O. The Bertz CT molecular complexity index is 1070. The molecule has 0 amide bonds. The molecule has 6 nitrogen and oxygen atoms in total. The van der Waals surface area contributed by atoms with Crippen LogP contribution >= 0.6 is 0 Å². The van der Waals surface area contributed by atoms with E-state index in [1.54, 1.807) is 10.9 Å². The summed E-state index contributed by atoms with van der Waals surface area (Å²) in [5, 5.41) is 4.43. The quantitative estimate of drug-likeness (QED) is 0.584. The molecule has 0 radical (unpaired) electrons. The van der Waals surface area contributed by atoms with E-state index in [1.165, 1.54) is 11.3 Å². The second-order valence-electron chi connectivity index (χ2n) is 9.22. The Morgan fingerprint density at radius 1 is 0.758 bits per heavy atom. The number of piperazine rings is 1. The molecule has 2 aliphatic heterocycles. The van der Waals surface area contributed by atoms with Crippen molar-refractivity contribution in [3.8, 4) is 0 Å². The van der Waals surface area contributed by atoms with Crippen LogP contribution in [0.15, 0.2) is 77.7 Å². The molecule has 2 aliphatic rings. The van der Waals surface area contributed by atoms with Gasteiger partial charge < -0.3 is 9.80 Å². The van der Waals surface area contributed by atoms with E-state index >= 15 is 0 Å². The van der Waals surface area contributed by atoms with Gasteiger partial charge in [-0.3, -0.25) is 9.69 Å². The first-order chi connectivity index (χ1) is 16.3. The van der Waals surface area contributed by atoms with Crippen molar-refractivity contribution < 1.29 is 0 Å². The predicted molar refractivity (Wildman–Crippen MR) is 134 cm³/mol. The van der Waals surface area contributed by atoms with Gasteiger partial charge in [0.15, 0.2) is 0 Å². The number of hydrogen-bond acceptors (Lipinski definition) is 5. The number of para-hydroxylation sites is 1. The second-order valence-corrected chi connectivity index (χ2v) is 9.22. The number of piperidine rings is 1. The zero-order valence-electron chi connectivity index (χ0n) is 19.2. The highest BCUT2D eigenvalue weighted by Crippen LogP contribution is 2.21. The number of anilines is 2. The average Bonchev–Trinajstić information content (AvgIpc) is 2.88. The molecule has 2 saturated heterocycles. The average molecular weight is 444 g/mol. The van der Waals surface area contributed by atoms with E-state index < -0.39 is 0 Å². The smallest absolute Gasteiger partial charge is 0.290 e. The summed E-state index contributed by atoms with van der Waals surface area (Å²) in [6.07, 6.45) is 4.02. The Kier molecular flexibility index (Phi) is 6.72. The van der Waals surface area contributed by atoms with E-state index in [0.29, 0.717) is 5.92 Å². The van der Waals surface area contributed by atoms with Crippen LogP contribution in [0.1, 0.15) is 18.4 Å². The number of hydrogen-bond donors (Lipinski definition) is 0. The highest BCUT2D eigenvalue weighted by atomic mass is 16.1.